The third-order valence-corrected chi connectivity index (χ3v) is 3.74. The number of thioether (sulfide) groups is 1. The summed E-state index contributed by atoms with van der Waals surface area (Å²) in [5.41, 5.74) is 5.03. The molecule has 4 heteroatoms. The molecule has 0 aromatic carbocycles. The third kappa shape index (κ3) is 4.33. The Bertz CT molecular complexity index is 200. The SMILES string of the molecule is CC(C)(CC(N)=O)NCC1CCSC1. The Morgan fingerprint density at radius 3 is 2.86 bits per heavy atom. The van der Waals surface area contributed by atoms with E-state index in [4.69, 9.17) is 5.73 Å². The summed E-state index contributed by atoms with van der Waals surface area (Å²) in [7, 11) is 0. The first kappa shape index (κ1) is 11.9. The molecule has 0 aromatic rings. The molecule has 0 spiro atoms. The van der Waals surface area contributed by atoms with Crippen molar-refractivity contribution in [1.82, 2.24) is 5.32 Å². The molecule has 1 unspecified atom stereocenters. The maximum atomic E-state index is 10.8. The van der Waals surface area contributed by atoms with E-state index in [2.05, 4.69) is 5.32 Å². The first-order valence-electron chi connectivity index (χ1n) is 5.11. The van der Waals surface area contributed by atoms with Crippen LogP contribution in [0.2, 0.25) is 0 Å². The second-order valence-electron chi connectivity index (χ2n) is 4.64. The summed E-state index contributed by atoms with van der Waals surface area (Å²) < 4.78 is 0. The quantitative estimate of drug-likeness (QED) is 0.720. The van der Waals surface area contributed by atoms with Crippen LogP contribution in [0.4, 0.5) is 0 Å². The summed E-state index contributed by atoms with van der Waals surface area (Å²) in [5.74, 6) is 3.07. The highest BCUT2D eigenvalue weighted by atomic mass is 32.2. The highest BCUT2D eigenvalue weighted by Gasteiger charge is 2.22. The molecule has 14 heavy (non-hydrogen) atoms. The molecule has 82 valence electrons. The van der Waals surface area contributed by atoms with Gasteiger partial charge in [0.1, 0.15) is 0 Å². The van der Waals surface area contributed by atoms with Gasteiger partial charge in [-0.3, -0.25) is 4.79 Å². The molecule has 1 atom stereocenters. The van der Waals surface area contributed by atoms with E-state index in [0.29, 0.717) is 6.42 Å². The zero-order valence-corrected chi connectivity index (χ0v) is 9.82. The zero-order valence-electron chi connectivity index (χ0n) is 9.01. The molecule has 0 aliphatic carbocycles. The fourth-order valence-corrected chi connectivity index (χ4v) is 2.95. The van der Waals surface area contributed by atoms with Gasteiger partial charge in [-0.15, -0.1) is 0 Å². The van der Waals surface area contributed by atoms with Crippen molar-refractivity contribution >= 4 is 17.7 Å². The van der Waals surface area contributed by atoms with E-state index < -0.39 is 0 Å². The lowest BCUT2D eigenvalue weighted by Crippen LogP contribution is -2.44. The highest BCUT2D eigenvalue weighted by Crippen LogP contribution is 2.23. The molecular formula is C10H20N2OS. The van der Waals surface area contributed by atoms with Gasteiger partial charge in [0.05, 0.1) is 0 Å². The van der Waals surface area contributed by atoms with Crippen molar-refractivity contribution in [2.45, 2.75) is 32.2 Å². The fourth-order valence-electron chi connectivity index (χ4n) is 1.66. The molecule has 1 fully saturated rings. The van der Waals surface area contributed by atoms with Crippen LogP contribution in [0.5, 0.6) is 0 Å². The topological polar surface area (TPSA) is 55.1 Å². The fraction of sp³-hybridized carbons (Fsp3) is 0.900. The van der Waals surface area contributed by atoms with Gasteiger partial charge in [-0.25, -0.2) is 0 Å². The number of nitrogens with two attached hydrogens (primary N) is 1. The lowest BCUT2D eigenvalue weighted by molar-refractivity contribution is -0.119. The first-order valence-corrected chi connectivity index (χ1v) is 6.26. The van der Waals surface area contributed by atoms with Gasteiger partial charge >= 0.3 is 0 Å². The minimum Gasteiger partial charge on any atom is -0.370 e. The number of hydrogen-bond acceptors (Lipinski definition) is 3. The predicted molar refractivity (Wildman–Crippen MR) is 61.3 cm³/mol. The second-order valence-corrected chi connectivity index (χ2v) is 5.79. The average Bonchev–Trinajstić information content (AvgIpc) is 2.50. The summed E-state index contributed by atoms with van der Waals surface area (Å²) in [6, 6.07) is 0. The van der Waals surface area contributed by atoms with Gasteiger partial charge in [-0.1, -0.05) is 0 Å². The second kappa shape index (κ2) is 5.03. The van der Waals surface area contributed by atoms with Crippen LogP contribution in [0.3, 0.4) is 0 Å². The molecule has 1 aliphatic rings. The third-order valence-electron chi connectivity index (χ3n) is 2.51. The van der Waals surface area contributed by atoms with Crippen molar-refractivity contribution < 1.29 is 4.79 Å². The minimum absolute atomic E-state index is 0.154. The Labute approximate surface area is 90.2 Å². The number of amides is 1. The summed E-state index contributed by atoms with van der Waals surface area (Å²) in [4.78, 5) is 10.8. The molecule has 1 saturated heterocycles. The minimum atomic E-state index is -0.233. The lowest BCUT2D eigenvalue weighted by atomic mass is 9.99. The molecule has 0 saturated carbocycles. The van der Waals surface area contributed by atoms with Gasteiger partial charge < -0.3 is 11.1 Å². The largest absolute Gasteiger partial charge is 0.370 e. The number of carbonyl (C=O) groups excluding carboxylic acids is 1. The van der Waals surface area contributed by atoms with Gasteiger partial charge in [0.15, 0.2) is 0 Å². The van der Waals surface area contributed by atoms with Crippen molar-refractivity contribution in [3.63, 3.8) is 0 Å². The van der Waals surface area contributed by atoms with Crippen molar-refractivity contribution in [1.29, 1.82) is 0 Å². The van der Waals surface area contributed by atoms with E-state index in [0.717, 1.165) is 12.5 Å². The molecule has 0 bridgehead atoms. The van der Waals surface area contributed by atoms with Crippen LogP contribution in [0.1, 0.15) is 26.7 Å². The summed E-state index contributed by atoms with van der Waals surface area (Å²) in [6.07, 6.45) is 1.71. The predicted octanol–water partition coefficient (Wildman–Crippen LogP) is 0.983. The Hall–Kier alpha value is -0.220. The Balaban J connectivity index is 2.23. The van der Waals surface area contributed by atoms with E-state index in [1.807, 2.05) is 25.6 Å². The van der Waals surface area contributed by atoms with E-state index in [9.17, 15) is 4.79 Å². The summed E-state index contributed by atoms with van der Waals surface area (Å²) in [5, 5.41) is 3.42. The van der Waals surface area contributed by atoms with Crippen molar-refractivity contribution in [2.24, 2.45) is 11.7 Å². The van der Waals surface area contributed by atoms with Gasteiger partial charge in [-0.05, 0) is 44.2 Å². The number of carbonyl (C=O) groups is 1. The van der Waals surface area contributed by atoms with Crippen LogP contribution < -0.4 is 11.1 Å². The number of rotatable bonds is 5. The number of primary amides is 1. The van der Waals surface area contributed by atoms with Crippen LogP contribution in [-0.4, -0.2) is 29.5 Å². The number of nitrogens with one attached hydrogen (secondary N) is 1. The first-order chi connectivity index (χ1) is 6.49. The molecule has 3 N–H and O–H groups in total. The van der Waals surface area contributed by atoms with Gasteiger partial charge in [0, 0.05) is 12.0 Å². The molecule has 1 rings (SSSR count). The van der Waals surface area contributed by atoms with E-state index >= 15 is 0 Å². The van der Waals surface area contributed by atoms with Crippen LogP contribution >= 0.6 is 11.8 Å². The number of hydrogen-bond donors (Lipinski definition) is 2. The maximum Gasteiger partial charge on any atom is 0.219 e. The van der Waals surface area contributed by atoms with Crippen LogP contribution in [0.25, 0.3) is 0 Å². The van der Waals surface area contributed by atoms with Gasteiger partial charge in [0.25, 0.3) is 0 Å². The van der Waals surface area contributed by atoms with Crippen molar-refractivity contribution in [3.8, 4) is 0 Å². The van der Waals surface area contributed by atoms with Gasteiger partial charge in [-0.2, -0.15) is 11.8 Å². The standard InChI is InChI=1S/C10H20N2OS/c1-10(2,5-9(11)13)12-6-8-3-4-14-7-8/h8,12H,3-7H2,1-2H3,(H2,11,13). The van der Waals surface area contributed by atoms with E-state index in [-0.39, 0.29) is 11.4 Å². The molecule has 0 radical (unpaired) electrons. The van der Waals surface area contributed by atoms with Crippen molar-refractivity contribution in [3.05, 3.63) is 0 Å². The summed E-state index contributed by atoms with van der Waals surface area (Å²) >= 11 is 2.02. The molecule has 1 heterocycles. The molecule has 3 nitrogen and oxygen atoms in total. The Morgan fingerprint density at radius 1 is 1.64 bits per heavy atom. The van der Waals surface area contributed by atoms with E-state index in [1.54, 1.807) is 0 Å². The molecular weight excluding hydrogens is 196 g/mol. The van der Waals surface area contributed by atoms with E-state index in [1.165, 1.54) is 17.9 Å². The van der Waals surface area contributed by atoms with Crippen LogP contribution in [0.15, 0.2) is 0 Å². The smallest absolute Gasteiger partial charge is 0.219 e. The Kier molecular flexibility index (Phi) is 4.26. The monoisotopic (exact) mass is 216 g/mol. The Morgan fingerprint density at radius 2 is 2.36 bits per heavy atom. The summed E-state index contributed by atoms with van der Waals surface area (Å²) in [6.45, 7) is 5.06. The van der Waals surface area contributed by atoms with Crippen LogP contribution in [-0.2, 0) is 4.79 Å². The van der Waals surface area contributed by atoms with Crippen molar-refractivity contribution in [2.75, 3.05) is 18.1 Å². The normalized spacial score (nSPS) is 22.6. The highest BCUT2D eigenvalue weighted by molar-refractivity contribution is 7.99. The average molecular weight is 216 g/mol. The van der Waals surface area contributed by atoms with Crippen LogP contribution in [0, 0.1) is 5.92 Å². The van der Waals surface area contributed by atoms with Gasteiger partial charge in [0.2, 0.25) is 5.91 Å². The maximum absolute atomic E-state index is 10.8. The molecule has 0 aromatic heterocycles. The molecule has 1 aliphatic heterocycles. The lowest BCUT2D eigenvalue weighted by Gasteiger charge is -2.26. The zero-order chi connectivity index (χ0) is 10.6. The molecule has 1 amide bonds.